The molecule has 0 spiro atoms. The molecule has 1 aliphatic heterocycles. The molecule has 0 saturated carbocycles. The molecule has 1 aliphatic rings. The molecule has 1 fully saturated rings. The number of likely N-dealkylation sites (tertiary alicyclic amines) is 1. The number of carbonyl (C=O) groups excluding carboxylic acids is 3. The van der Waals surface area contributed by atoms with Crippen molar-refractivity contribution >= 4 is 28.8 Å². The molecule has 1 saturated heterocycles. The predicted molar refractivity (Wildman–Crippen MR) is 151 cm³/mol. The predicted octanol–water partition coefficient (Wildman–Crippen LogP) is 4.07. The monoisotopic (exact) mass is 547 g/mol. The Morgan fingerprint density at radius 3 is 2.25 bits per heavy atom. The average molecular weight is 548 g/mol. The van der Waals surface area contributed by atoms with E-state index in [9.17, 15) is 14.4 Å². The van der Waals surface area contributed by atoms with Gasteiger partial charge in [-0.2, -0.15) is 4.98 Å². The van der Waals surface area contributed by atoms with E-state index in [-0.39, 0.29) is 13.0 Å². The van der Waals surface area contributed by atoms with Crippen LogP contribution in [0.4, 0.5) is 4.79 Å². The van der Waals surface area contributed by atoms with Crippen molar-refractivity contribution in [1.29, 1.82) is 0 Å². The highest BCUT2D eigenvalue weighted by atomic mass is 16.6. The molecule has 10 heteroatoms. The first-order valence-corrected chi connectivity index (χ1v) is 13.3. The summed E-state index contributed by atoms with van der Waals surface area (Å²) in [6.45, 7) is 10.8. The molecule has 3 aromatic rings. The number of nitrogens with one attached hydrogen (secondary N) is 1. The number of aromatic nitrogens is 2. The van der Waals surface area contributed by atoms with Gasteiger partial charge in [0.25, 0.3) is 0 Å². The van der Waals surface area contributed by atoms with Crippen molar-refractivity contribution in [3.63, 3.8) is 0 Å². The summed E-state index contributed by atoms with van der Waals surface area (Å²) in [6, 6.07) is 15.2. The molecular weight excluding hydrogens is 510 g/mol. The van der Waals surface area contributed by atoms with Crippen LogP contribution in [0.1, 0.15) is 48.0 Å². The molecule has 2 unspecified atom stereocenters. The second-order valence-electron chi connectivity index (χ2n) is 12.1. The van der Waals surface area contributed by atoms with E-state index in [0.29, 0.717) is 22.6 Å². The number of primary amides is 1. The summed E-state index contributed by atoms with van der Waals surface area (Å²) in [5, 5.41) is 3.41. The molecule has 0 radical (unpaired) electrons. The Balaban J connectivity index is 1.62. The minimum Gasteiger partial charge on any atom is -0.472 e. The fraction of sp³-hybridized carbons (Fsp3) is 0.433. The first-order chi connectivity index (χ1) is 18.7. The molecule has 4 rings (SSSR count). The third-order valence-electron chi connectivity index (χ3n) is 6.53. The second kappa shape index (κ2) is 11.1. The number of ether oxygens (including phenoxy) is 2. The van der Waals surface area contributed by atoms with Gasteiger partial charge in [0.1, 0.15) is 23.8 Å². The zero-order valence-corrected chi connectivity index (χ0v) is 23.8. The molecule has 0 bridgehead atoms. The third kappa shape index (κ3) is 6.67. The molecule has 1 aromatic heterocycles. The molecular formula is C30H37N5O5. The lowest BCUT2D eigenvalue weighted by molar-refractivity contribution is -0.141. The molecule has 3 N–H and O–H groups in total. The highest BCUT2D eigenvalue weighted by Crippen LogP contribution is 2.31. The van der Waals surface area contributed by atoms with Crippen LogP contribution in [0, 0.1) is 5.41 Å². The Labute approximate surface area is 234 Å². The van der Waals surface area contributed by atoms with E-state index in [1.54, 1.807) is 20.8 Å². The zero-order chi connectivity index (χ0) is 29.2. The van der Waals surface area contributed by atoms with Crippen LogP contribution in [-0.2, 0) is 14.3 Å². The van der Waals surface area contributed by atoms with Gasteiger partial charge in [0.05, 0.1) is 17.4 Å². The highest BCUT2D eigenvalue weighted by Gasteiger charge is 2.45. The first-order valence-electron chi connectivity index (χ1n) is 13.3. The number of carbonyl (C=O) groups is 3. The molecule has 2 aromatic carbocycles. The summed E-state index contributed by atoms with van der Waals surface area (Å²) in [4.78, 5) is 49.7. The van der Waals surface area contributed by atoms with Crippen molar-refractivity contribution in [3.8, 4) is 17.3 Å². The van der Waals surface area contributed by atoms with E-state index in [1.807, 2.05) is 75.4 Å². The van der Waals surface area contributed by atoms with Gasteiger partial charge in [0.15, 0.2) is 5.82 Å². The average Bonchev–Trinajstić information content (AvgIpc) is 3.30. The van der Waals surface area contributed by atoms with E-state index >= 15 is 0 Å². The molecule has 40 heavy (non-hydrogen) atoms. The van der Waals surface area contributed by atoms with Crippen LogP contribution in [0.15, 0.2) is 54.6 Å². The van der Waals surface area contributed by atoms with E-state index in [4.69, 9.17) is 20.2 Å². The highest BCUT2D eigenvalue weighted by molar-refractivity contribution is 5.92. The molecule has 10 nitrogen and oxygen atoms in total. The van der Waals surface area contributed by atoms with Gasteiger partial charge in [0, 0.05) is 12.0 Å². The van der Waals surface area contributed by atoms with Crippen LogP contribution in [0.25, 0.3) is 22.3 Å². The topological polar surface area (TPSA) is 137 Å². The van der Waals surface area contributed by atoms with Crippen LogP contribution in [0.5, 0.6) is 5.88 Å². The van der Waals surface area contributed by atoms with E-state index in [2.05, 4.69) is 10.3 Å². The lowest BCUT2D eigenvalue weighted by atomic mass is 9.85. The fourth-order valence-corrected chi connectivity index (χ4v) is 4.65. The second-order valence-corrected chi connectivity index (χ2v) is 12.1. The van der Waals surface area contributed by atoms with Crippen molar-refractivity contribution in [2.75, 3.05) is 6.54 Å². The summed E-state index contributed by atoms with van der Waals surface area (Å²) in [5.74, 6) is -0.236. The van der Waals surface area contributed by atoms with Gasteiger partial charge in [0.2, 0.25) is 17.7 Å². The summed E-state index contributed by atoms with van der Waals surface area (Å²) >= 11 is 0. The number of fused-ring (bicyclic) bond motifs is 1. The largest absolute Gasteiger partial charge is 0.472 e. The summed E-state index contributed by atoms with van der Waals surface area (Å²) in [7, 11) is 0. The maximum Gasteiger partial charge on any atom is 0.408 e. The third-order valence-corrected chi connectivity index (χ3v) is 6.53. The van der Waals surface area contributed by atoms with Crippen LogP contribution in [-0.4, -0.2) is 63.1 Å². The minimum atomic E-state index is -0.965. The quantitative estimate of drug-likeness (QED) is 0.475. The lowest BCUT2D eigenvalue weighted by Gasteiger charge is -2.35. The lowest BCUT2D eigenvalue weighted by Crippen LogP contribution is -2.58. The molecule has 2 heterocycles. The number of nitrogens with zero attached hydrogens (tertiary/aromatic N) is 3. The van der Waals surface area contributed by atoms with Crippen LogP contribution in [0.2, 0.25) is 0 Å². The zero-order valence-electron chi connectivity index (χ0n) is 23.8. The smallest absolute Gasteiger partial charge is 0.408 e. The first kappa shape index (κ1) is 28.8. The van der Waals surface area contributed by atoms with Crippen molar-refractivity contribution < 1.29 is 23.9 Å². The van der Waals surface area contributed by atoms with Crippen molar-refractivity contribution in [2.24, 2.45) is 11.1 Å². The Morgan fingerprint density at radius 1 is 0.975 bits per heavy atom. The molecule has 3 atom stereocenters. The minimum absolute atomic E-state index is 0.0913. The van der Waals surface area contributed by atoms with Crippen LogP contribution in [0.3, 0.4) is 0 Å². The number of amides is 3. The van der Waals surface area contributed by atoms with E-state index < -0.39 is 47.1 Å². The van der Waals surface area contributed by atoms with Crippen molar-refractivity contribution in [1.82, 2.24) is 20.2 Å². The number of nitrogens with two attached hydrogens (primary N) is 1. The van der Waals surface area contributed by atoms with Gasteiger partial charge in [-0.15, -0.1) is 0 Å². The molecule has 3 amide bonds. The fourth-order valence-electron chi connectivity index (χ4n) is 4.65. The number of rotatable bonds is 6. The molecule has 212 valence electrons. The van der Waals surface area contributed by atoms with E-state index in [0.717, 1.165) is 5.56 Å². The van der Waals surface area contributed by atoms with Crippen LogP contribution < -0.4 is 15.8 Å². The number of benzene rings is 2. The maximum absolute atomic E-state index is 13.8. The van der Waals surface area contributed by atoms with Crippen molar-refractivity contribution in [2.45, 2.75) is 71.8 Å². The maximum atomic E-state index is 13.8. The van der Waals surface area contributed by atoms with Gasteiger partial charge in [-0.05, 0) is 38.3 Å². The summed E-state index contributed by atoms with van der Waals surface area (Å²) < 4.78 is 11.7. The normalized spacial score (nSPS) is 18.3. The number of alkyl carbamates (subject to hydrolysis) is 1. The molecule has 0 aliphatic carbocycles. The Kier molecular flexibility index (Phi) is 8.00. The van der Waals surface area contributed by atoms with E-state index in [1.165, 1.54) is 4.90 Å². The Hall–Kier alpha value is -4.21. The number of hydrogen-bond acceptors (Lipinski definition) is 7. The Morgan fingerprint density at radius 2 is 1.62 bits per heavy atom. The summed E-state index contributed by atoms with van der Waals surface area (Å²) in [6.07, 6.45) is -1.10. The van der Waals surface area contributed by atoms with Gasteiger partial charge >= 0.3 is 6.09 Å². The number of para-hydroxylation sites is 1. The SMILES string of the molecule is CC(C)(C)OC(=O)NC(C(=O)N1C[C@H](Oc2nc(-c3ccccc3)nc3ccccc23)CC1C(N)=O)C(C)(C)C. The van der Waals surface area contributed by atoms with Gasteiger partial charge in [-0.3, -0.25) is 9.59 Å². The van der Waals surface area contributed by atoms with Gasteiger partial charge in [-0.1, -0.05) is 63.2 Å². The van der Waals surface area contributed by atoms with Crippen molar-refractivity contribution in [3.05, 3.63) is 54.6 Å². The van der Waals surface area contributed by atoms with Gasteiger partial charge in [-0.25, -0.2) is 9.78 Å². The van der Waals surface area contributed by atoms with Crippen LogP contribution >= 0.6 is 0 Å². The summed E-state index contributed by atoms with van der Waals surface area (Å²) in [5.41, 5.74) is 5.86. The standard InChI is InChI=1S/C30H37N5O5/c1-29(2,3)23(33-28(38)40-30(4,5)6)27(37)35-17-19(16-22(35)24(31)36)39-26-20-14-10-11-15-21(20)32-25(34-26)18-12-8-7-9-13-18/h7-15,19,22-23H,16-17H2,1-6H3,(H2,31,36)(H,33,38)/t19-,22?,23?/m1/s1. The number of hydrogen-bond donors (Lipinski definition) is 2. The van der Waals surface area contributed by atoms with Gasteiger partial charge < -0.3 is 25.4 Å². The Bertz CT molecular complexity index is 1400.